The van der Waals surface area contributed by atoms with Crippen molar-refractivity contribution >= 4 is 52.5 Å². The van der Waals surface area contributed by atoms with Gasteiger partial charge in [0.2, 0.25) is 5.91 Å². The summed E-state index contributed by atoms with van der Waals surface area (Å²) < 4.78 is 3.68. The first-order valence-electron chi connectivity index (χ1n) is 8.92. The number of methoxy groups -OCH3 is 1. The maximum Gasteiger partial charge on any atom is 0.257 e. The number of hydrogen-bond donors (Lipinski definition) is 1. The number of imide groups is 1. The standard InChI is InChI=1S/C19H25Cl3N2O4/c1-5-6-7-16(25)23-13(8-9-19(20,21)22)18(27)24-14(10-12(2)3)15(28-4)11-17(24)26/h1,11-14H,6-10H2,2-4H3,(H,23,25)/t13-,14-/m0/s1. The maximum atomic E-state index is 13.2. The molecule has 2 atom stereocenters. The fourth-order valence-corrected chi connectivity index (χ4v) is 3.21. The average molecular weight is 452 g/mol. The van der Waals surface area contributed by atoms with Crippen LogP contribution in [0.3, 0.4) is 0 Å². The van der Waals surface area contributed by atoms with E-state index in [1.54, 1.807) is 0 Å². The minimum Gasteiger partial charge on any atom is -0.499 e. The van der Waals surface area contributed by atoms with Crippen LogP contribution < -0.4 is 5.32 Å². The first-order chi connectivity index (χ1) is 13.0. The number of nitrogens with zero attached hydrogens (tertiary/aromatic N) is 1. The maximum absolute atomic E-state index is 13.2. The van der Waals surface area contributed by atoms with E-state index in [0.717, 1.165) is 4.90 Å². The van der Waals surface area contributed by atoms with Crippen molar-refractivity contribution in [3.05, 3.63) is 11.8 Å². The van der Waals surface area contributed by atoms with Gasteiger partial charge in [0.05, 0.1) is 13.2 Å². The Bertz CT molecular complexity index is 665. The van der Waals surface area contributed by atoms with Gasteiger partial charge in [0.1, 0.15) is 11.8 Å². The van der Waals surface area contributed by atoms with Crippen molar-refractivity contribution in [2.45, 2.75) is 61.8 Å². The molecule has 6 nitrogen and oxygen atoms in total. The van der Waals surface area contributed by atoms with E-state index in [-0.39, 0.29) is 31.6 Å². The third-order valence-corrected chi connectivity index (χ3v) is 4.72. The number of amides is 3. The van der Waals surface area contributed by atoms with Gasteiger partial charge in [-0.3, -0.25) is 19.3 Å². The Morgan fingerprint density at radius 1 is 1.39 bits per heavy atom. The second-order valence-corrected chi connectivity index (χ2v) is 9.44. The van der Waals surface area contributed by atoms with Crippen LogP contribution in [-0.4, -0.2) is 45.6 Å². The van der Waals surface area contributed by atoms with Gasteiger partial charge in [0.25, 0.3) is 11.8 Å². The molecule has 9 heteroatoms. The predicted octanol–water partition coefficient (Wildman–Crippen LogP) is 3.35. The van der Waals surface area contributed by atoms with Crippen molar-refractivity contribution < 1.29 is 19.1 Å². The molecule has 0 fully saturated rings. The highest BCUT2D eigenvalue weighted by Crippen LogP contribution is 2.33. The molecular weight excluding hydrogens is 427 g/mol. The lowest BCUT2D eigenvalue weighted by atomic mass is 10.0. The molecule has 0 unspecified atom stereocenters. The number of carbonyl (C=O) groups excluding carboxylic acids is 3. The summed E-state index contributed by atoms with van der Waals surface area (Å²) in [7, 11) is 1.45. The van der Waals surface area contributed by atoms with E-state index in [2.05, 4.69) is 11.2 Å². The third-order valence-electron chi connectivity index (χ3n) is 4.16. The van der Waals surface area contributed by atoms with Crippen LogP contribution in [0.4, 0.5) is 0 Å². The quantitative estimate of drug-likeness (QED) is 0.431. The summed E-state index contributed by atoms with van der Waals surface area (Å²) in [6.45, 7) is 3.95. The molecule has 1 rings (SSSR count). The predicted molar refractivity (Wildman–Crippen MR) is 110 cm³/mol. The van der Waals surface area contributed by atoms with E-state index in [4.69, 9.17) is 46.0 Å². The molecule has 0 aromatic rings. The van der Waals surface area contributed by atoms with E-state index in [1.807, 2.05) is 13.8 Å². The number of terminal acetylenes is 1. The van der Waals surface area contributed by atoms with E-state index in [1.165, 1.54) is 13.2 Å². The second-order valence-electron chi connectivity index (χ2n) is 6.92. The van der Waals surface area contributed by atoms with Gasteiger partial charge >= 0.3 is 0 Å². The molecule has 0 bridgehead atoms. The van der Waals surface area contributed by atoms with Crippen LogP contribution in [0.1, 0.15) is 46.0 Å². The van der Waals surface area contributed by atoms with Crippen LogP contribution in [0.5, 0.6) is 0 Å². The summed E-state index contributed by atoms with van der Waals surface area (Å²) in [6, 6.07) is -1.56. The second kappa shape index (κ2) is 10.9. The van der Waals surface area contributed by atoms with Crippen LogP contribution in [0.15, 0.2) is 11.8 Å². The molecule has 0 aromatic carbocycles. The minimum atomic E-state index is -1.59. The molecule has 0 aromatic heterocycles. The van der Waals surface area contributed by atoms with Crippen LogP contribution in [0.2, 0.25) is 0 Å². The Morgan fingerprint density at radius 3 is 2.54 bits per heavy atom. The van der Waals surface area contributed by atoms with Gasteiger partial charge in [-0.25, -0.2) is 0 Å². The van der Waals surface area contributed by atoms with E-state index < -0.39 is 33.6 Å². The van der Waals surface area contributed by atoms with Gasteiger partial charge in [-0.15, -0.1) is 12.3 Å². The average Bonchev–Trinajstić information content (AvgIpc) is 2.89. The smallest absolute Gasteiger partial charge is 0.257 e. The lowest BCUT2D eigenvalue weighted by molar-refractivity contribution is -0.146. The number of hydrogen-bond acceptors (Lipinski definition) is 4. The number of rotatable bonds is 9. The summed E-state index contributed by atoms with van der Waals surface area (Å²) in [6.07, 6.45) is 7.34. The highest BCUT2D eigenvalue weighted by molar-refractivity contribution is 6.67. The lowest BCUT2D eigenvalue weighted by Gasteiger charge is -2.30. The molecule has 0 aliphatic carbocycles. The molecule has 1 aliphatic heterocycles. The molecule has 1 heterocycles. The van der Waals surface area contributed by atoms with Crippen LogP contribution in [0, 0.1) is 18.3 Å². The third kappa shape index (κ3) is 7.54. The van der Waals surface area contributed by atoms with Gasteiger partial charge in [0, 0.05) is 18.9 Å². The molecular formula is C19H25Cl3N2O4. The Kier molecular flexibility index (Phi) is 9.62. The SMILES string of the molecule is C#CCCC(=O)N[C@@H](CCC(Cl)(Cl)Cl)C(=O)N1C(=O)C=C(OC)[C@@H]1CC(C)C. The Hall–Kier alpha value is -1.42. The Morgan fingerprint density at radius 2 is 2.04 bits per heavy atom. The molecule has 0 saturated carbocycles. The van der Waals surface area contributed by atoms with Gasteiger partial charge in [0.15, 0.2) is 3.79 Å². The van der Waals surface area contributed by atoms with Gasteiger partial charge < -0.3 is 10.1 Å². The van der Waals surface area contributed by atoms with Gasteiger partial charge in [-0.2, -0.15) is 0 Å². The normalized spacial score (nSPS) is 17.9. The highest BCUT2D eigenvalue weighted by Gasteiger charge is 2.41. The largest absolute Gasteiger partial charge is 0.499 e. The summed E-state index contributed by atoms with van der Waals surface area (Å²) in [5.41, 5.74) is 0. The number of alkyl halides is 3. The number of ether oxygens (including phenoxy) is 1. The minimum absolute atomic E-state index is 0.0188. The number of nitrogens with one attached hydrogen (secondary N) is 1. The summed E-state index contributed by atoms with van der Waals surface area (Å²) in [5, 5.41) is 2.61. The topological polar surface area (TPSA) is 75.7 Å². The number of carbonyl (C=O) groups is 3. The van der Waals surface area contributed by atoms with E-state index in [0.29, 0.717) is 12.2 Å². The van der Waals surface area contributed by atoms with Crippen LogP contribution in [-0.2, 0) is 19.1 Å². The fraction of sp³-hybridized carbons (Fsp3) is 0.632. The molecule has 1 N–H and O–H groups in total. The van der Waals surface area contributed by atoms with Crippen molar-refractivity contribution in [3.8, 4) is 12.3 Å². The van der Waals surface area contributed by atoms with Crippen molar-refractivity contribution in [2.24, 2.45) is 5.92 Å². The van der Waals surface area contributed by atoms with Crippen LogP contribution >= 0.6 is 34.8 Å². The van der Waals surface area contributed by atoms with Crippen molar-refractivity contribution in [1.29, 1.82) is 0 Å². The van der Waals surface area contributed by atoms with Crippen molar-refractivity contribution in [1.82, 2.24) is 10.2 Å². The zero-order valence-electron chi connectivity index (χ0n) is 16.1. The first-order valence-corrected chi connectivity index (χ1v) is 10.1. The molecule has 0 saturated heterocycles. The first kappa shape index (κ1) is 24.6. The molecule has 1 aliphatic rings. The lowest BCUT2D eigenvalue weighted by Crippen LogP contribution is -2.52. The van der Waals surface area contributed by atoms with Crippen LogP contribution in [0.25, 0.3) is 0 Å². The summed E-state index contributed by atoms with van der Waals surface area (Å²) in [5.74, 6) is 1.50. The fourth-order valence-electron chi connectivity index (χ4n) is 2.88. The zero-order valence-corrected chi connectivity index (χ0v) is 18.4. The zero-order chi connectivity index (χ0) is 21.5. The molecule has 0 spiro atoms. The molecule has 156 valence electrons. The monoisotopic (exact) mass is 450 g/mol. The van der Waals surface area contributed by atoms with Crippen molar-refractivity contribution in [2.75, 3.05) is 7.11 Å². The van der Waals surface area contributed by atoms with E-state index in [9.17, 15) is 14.4 Å². The Labute approximate surface area is 180 Å². The summed E-state index contributed by atoms with van der Waals surface area (Å²) >= 11 is 17.4. The summed E-state index contributed by atoms with van der Waals surface area (Å²) in [4.78, 5) is 38.9. The Balaban J connectivity index is 3.05. The number of halogens is 3. The van der Waals surface area contributed by atoms with Crippen molar-refractivity contribution in [3.63, 3.8) is 0 Å². The molecule has 0 radical (unpaired) electrons. The molecule has 28 heavy (non-hydrogen) atoms. The highest BCUT2D eigenvalue weighted by atomic mass is 35.6. The molecule has 3 amide bonds. The van der Waals surface area contributed by atoms with Gasteiger partial charge in [-0.05, 0) is 25.2 Å². The van der Waals surface area contributed by atoms with Gasteiger partial charge in [-0.1, -0.05) is 48.7 Å². The van der Waals surface area contributed by atoms with E-state index >= 15 is 0 Å².